The molecule has 0 aliphatic heterocycles. The van der Waals surface area contributed by atoms with Crippen LogP contribution >= 0.6 is 0 Å². The molecule has 152 valence electrons. The Bertz CT molecular complexity index is 1080. The lowest BCUT2D eigenvalue weighted by Crippen LogP contribution is -2.14. The van der Waals surface area contributed by atoms with Crippen molar-refractivity contribution in [2.75, 3.05) is 6.61 Å². The summed E-state index contributed by atoms with van der Waals surface area (Å²) in [4.78, 5) is 24.1. The maximum atomic E-state index is 13.0. The Balaban J connectivity index is 1.86. The van der Waals surface area contributed by atoms with E-state index < -0.39 is 5.63 Å². The minimum atomic E-state index is -0.460. The summed E-state index contributed by atoms with van der Waals surface area (Å²) in [5.41, 5.74) is 2.81. The SMILES string of the molecule is CCOC(=O)CCc1c(C)c2ccc(OCc3ccc(F)cc3)c(C)c2oc1=O. The molecular formula is C23H23FO5. The fourth-order valence-electron chi connectivity index (χ4n) is 3.22. The van der Waals surface area contributed by atoms with Crippen molar-refractivity contribution in [3.05, 3.63) is 74.9 Å². The van der Waals surface area contributed by atoms with Gasteiger partial charge in [-0.15, -0.1) is 0 Å². The number of carbonyl (C=O) groups is 1. The standard InChI is InChI=1S/C23H23FO5/c1-4-27-21(25)12-10-19-14(2)18-9-11-20(15(3)22(18)29-23(19)26)28-13-16-5-7-17(24)8-6-16/h5-9,11H,4,10,12-13H2,1-3H3. The Labute approximate surface area is 168 Å². The largest absolute Gasteiger partial charge is 0.488 e. The molecule has 0 unspecified atom stereocenters. The first-order chi connectivity index (χ1) is 13.9. The van der Waals surface area contributed by atoms with E-state index in [0.717, 1.165) is 16.5 Å². The molecule has 0 saturated heterocycles. The number of rotatable bonds is 7. The number of aryl methyl sites for hydroxylation is 2. The molecule has 5 nitrogen and oxygen atoms in total. The van der Waals surface area contributed by atoms with Gasteiger partial charge in [0.25, 0.3) is 0 Å². The molecule has 29 heavy (non-hydrogen) atoms. The average molecular weight is 398 g/mol. The summed E-state index contributed by atoms with van der Waals surface area (Å²) in [6, 6.07) is 9.74. The Kier molecular flexibility index (Phi) is 6.32. The first-order valence-electron chi connectivity index (χ1n) is 9.49. The number of esters is 1. The highest BCUT2D eigenvalue weighted by Crippen LogP contribution is 2.30. The molecule has 0 N–H and O–H groups in total. The van der Waals surface area contributed by atoms with Crippen molar-refractivity contribution in [2.24, 2.45) is 0 Å². The smallest absolute Gasteiger partial charge is 0.339 e. The Morgan fingerprint density at radius 2 is 1.79 bits per heavy atom. The van der Waals surface area contributed by atoms with E-state index in [-0.39, 0.29) is 31.2 Å². The van der Waals surface area contributed by atoms with Gasteiger partial charge in [-0.3, -0.25) is 4.79 Å². The van der Waals surface area contributed by atoms with Crippen molar-refractivity contribution in [3.63, 3.8) is 0 Å². The van der Waals surface area contributed by atoms with Gasteiger partial charge in [-0.1, -0.05) is 12.1 Å². The van der Waals surface area contributed by atoms with Crippen LogP contribution in [0.15, 0.2) is 45.6 Å². The summed E-state index contributed by atoms with van der Waals surface area (Å²) in [5.74, 6) is -0.0533. The highest BCUT2D eigenvalue weighted by Gasteiger charge is 2.16. The molecule has 0 fully saturated rings. The lowest BCUT2D eigenvalue weighted by molar-refractivity contribution is -0.143. The molecule has 0 bridgehead atoms. The summed E-state index contributed by atoms with van der Waals surface area (Å²) in [7, 11) is 0. The van der Waals surface area contributed by atoms with Gasteiger partial charge >= 0.3 is 11.6 Å². The lowest BCUT2D eigenvalue weighted by Gasteiger charge is -2.13. The topological polar surface area (TPSA) is 65.7 Å². The average Bonchev–Trinajstić information content (AvgIpc) is 2.69. The maximum absolute atomic E-state index is 13.0. The van der Waals surface area contributed by atoms with Crippen LogP contribution in [0, 0.1) is 19.7 Å². The van der Waals surface area contributed by atoms with Gasteiger partial charge in [0, 0.05) is 22.9 Å². The second-order valence-electron chi connectivity index (χ2n) is 6.78. The van der Waals surface area contributed by atoms with Crippen molar-refractivity contribution in [3.8, 4) is 5.75 Å². The minimum Gasteiger partial charge on any atom is -0.488 e. The van der Waals surface area contributed by atoms with Crippen LogP contribution in [0.2, 0.25) is 0 Å². The fourth-order valence-corrected chi connectivity index (χ4v) is 3.22. The third kappa shape index (κ3) is 4.65. The van der Waals surface area contributed by atoms with Crippen LogP contribution in [0.4, 0.5) is 4.39 Å². The molecule has 1 aromatic heterocycles. The zero-order valence-electron chi connectivity index (χ0n) is 16.7. The van der Waals surface area contributed by atoms with Gasteiger partial charge in [0.05, 0.1) is 6.61 Å². The molecule has 0 aliphatic carbocycles. The highest BCUT2D eigenvalue weighted by molar-refractivity contribution is 5.85. The second kappa shape index (κ2) is 8.90. The van der Waals surface area contributed by atoms with Gasteiger partial charge in [-0.2, -0.15) is 0 Å². The summed E-state index contributed by atoms with van der Waals surface area (Å²) in [5, 5.41) is 0.801. The number of benzene rings is 2. The molecule has 2 aromatic carbocycles. The van der Waals surface area contributed by atoms with Gasteiger partial charge < -0.3 is 13.9 Å². The van der Waals surface area contributed by atoms with Crippen molar-refractivity contribution < 1.29 is 23.1 Å². The monoisotopic (exact) mass is 398 g/mol. The van der Waals surface area contributed by atoms with Crippen LogP contribution in [0.25, 0.3) is 11.0 Å². The summed E-state index contributed by atoms with van der Waals surface area (Å²) in [6.07, 6.45) is 0.396. The van der Waals surface area contributed by atoms with Crippen molar-refractivity contribution in [2.45, 2.75) is 40.2 Å². The number of ether oxygens (including phenoxy) is 2. The van der Waals surface area contributed by atoms with Crippen LogP contribution in [0.1, 0.15) is 35.6 Å². The van der Waals surface area contributed by atoms with Crippen molar-refractivity contribution >= 4 is 16.9 Å². The minimum absolute atomic E-state index is 0.128. The second-order valence-corrected chi connectivity index (χ2v) is 6.78. The molecular weight excluding hydrogens is 375 g/mol. The zero-order chi connectivity index (χ0) is 21.0. The van der Waals surface area contributed by atoms with E-state index in [0.29, 0.717) is 29.1 Å². The van der Waals surface area contributed by atoms with E-state index in [1.165, 1.54) is 12.1 Å². The van der Waals surface area contributed by atoms with Crippen LogP contribution in [0.5, 0.6) is 5.75 Å². The molecule has 6 heteroatoms. The molecule has 0 atom stereocenters. The van der Waals surface area contributed by atoms with Crippen molar-refractivity contribution in [1.82, 2.24) is 0 Å². The molecule has 0 radical (unpaired) electrons. The van der Waals surface area contributed by atoms with Crippen LogP contribution in [-0.2, 0) is 22.6 Å². The van der Waals surface area contributed by atoms with Gasteiger partial charge in [0.2, 0.25) is 0 Å². The number of hydrogen-bond acceptors (Lipinski definition) is 5. The maximum Gasteiger partial charge on any atom is 0.339 e. The predicted molar refractivity (Wildman–Crippen MR) is 108 cm³/mol. The zero-order valence-corrected chi connectivity index (χ0v) is 16.7. The number of fused-ring (bicyclic) bond motifs is 1. The highest BCUT2D eigenvalue weighted by atomic mass is 19.1. The molecule has 0 amide bonds. The van der Waals surface area contributed by atoms with Crippen LogP contribution < -0.4 is 10.4 Å². The Morgan fingerprint density at radius 1 is 1.07 bits per heavy atom. The lowest BCUT2D eigenvalue weighted by atomic mass is 10.0. The molecule has 3 aromatic rings. The summed E-state index contributed by atoms with van der Waals surface area (Å²) in [6.45, 7) is 5.99. The summed E-state index contributed by atoms with van der Waals surface area (Å²) >= 11 is 0. The van der Waals surface area contributed by atoms with E-state index in [2.05, 4.69) is 0 Å². The van der Waals surface area contributed by atoms with E-state index in [1.807, 2.05) is 26.0 Å². The Morgan fingerprint density at radius 3 is 2.48 bits per heavy atom. The van der Waals surface area contributed by atoms with Crippen LogP contribution in [-0.4, -0.2) is 12.6 Å². The van der Waals surface area contributed by atoms with Gasteiger partial charge in [0.1, 0.15) is 23.8 Å². The number of halogens is 1. The molecule has 0 spiro atoms. The fraction of sp³-hybridized carbons (Fsp3) is 0.304. The molecule has 1 heterocycles. The molecule has 0 aliphatic rings. The van der Waals surface area contributed by atoms with Crippen LogP contribution in [0.3, 0.4) is 0 Å². The van der Waals surface area contributed by atoms with Gasteiger partial charge in [0.15, 0.2) is 0 Å². The summed E-state index contributed by atoms with van der Waals surface area (Å²) < 4.78 is 29.4. The van der Waals surface area contributed by atoms with E-state index in [1.54, 1.807) is 19.1 Å². The third-order valence-electron chi connectivity index (χ3n) is 4.85. The van der Waals surface area contributed by atoms with E-state index in [4.69, 9.17) is 13.9 Å². The molecule has 0 saturated carbocycles. The third-order valence-corrected chi connectivity index (χ3v) is 4.85. The van der Waals surface area contributed by atoms with Crippen molar-refractivity contribution in [1.29, 1.82) is 0 Å². The van der Waals surface area contributed by atoms with E-state index >= 15 is 0 Å². The first kappa shape index (κ1) is 20.6. The predicted octanol–water partition coefficient (Wildman–Crippen LogP) is 4.62. The van der Waals surface area contributed by atoms with E-state index in [9.17, 15) is 14.0 Å². The quantitative estimate of drug-likeness (QED) is 0.429. The first-order valence-corrected chi connectivity index (χ1v) is 9.49. The molecule has 3 rings (SSSR count). The Hall–Kier alpha value is -3.15. The number of carbonyl (C=O) groups excluding carboxylic acids is 1. The van der Waals surface area contributed by atoms with Gasteiger partial charge in [-0.05, 0) is 62.6 Å². The normalized spacial score (nSPS) is 10.9. The van der Waals surface area contributed by atoms with Gasteiger partial charge in [-0.25, -0.2) is 9.18 Å². The number of hydrogen-bond donors (Lipinski definition) is 0.